The maximum Gasteiger partial charge on any atom is 0.306 e. The minimum absolute atomic E-state index is 0.0865. The first-order valence-corrected chi connectivity index (χ1v) is 25.1. The third-order valence-corrected chi connectivity index (χ3v) is 10.8. The molecule has 0 heterocycles. The lowest BCUT2D eigenvalue weighted by Crippen LogP contribution is -2.30. The number of unbranched alkanes of at least 4 members (excludes halogenated alkanes) is 26. The van der Waals surface area contributed by atoms with Crippen LogP contribution in [-0.4, -0.2) is 37.2 Å². The number of ether oxygens (including phenoxy) is 3. The van der Waals surface area contributed by atoms with Crippen LogP contribution >= 0.6 is 0 Å². The molecule has 6 nitrogen and oxygen atoms in total. The summed E-state index contributed by atoms with van der Waals surface area (Å²) in [6.45, 7) is 6.56. The Labute approximate surface area is 365 Å². The number of esters is 3. The van der Waals surface area contributed by atoms with Gasteiger partial charge in [0.1, 0.15) is 13.2 Å². The zero-order valence-corrected chi connectivity index (χ0v) is 39.0. The van der Waals surface area contributed by atoms with Gasteiger partial charge in [-0.1, -0.05) is 223 Å². The molecule has 0 aromatic rings. The Morgan fingerprint density at radius 3 is 1.02 bits per heavy atom. The largest absolute Gasteiger partial charge is 0.462 e. The SMILES string of the molecule is CCCCC/C=C\C/C=C\C/C=C\C/C=C\CCCC(=O)OC[C@@H](COC(=O)CCCCCCCCCCCCCC)OC(=O)CCCCCCCCCCCCCC. The number of allylic oxidation sites excluding steroid dienone is 8. The van der Waals surface area contributed by atoms with Gasteiger partial charge in [0.05, 0.1) is 0 Å². The molecule has 0 unspecified atom stereocenters. The Morgan fingerprint density at radius 1 is 0.339 bits per heavy atom. The van der Waals surface area contributed by atoms with Gasteiger partial charge in [-0.2, -0.15) is 0 Å². The molecule has 0 N–H and O–H groups in total. The number of carbonyl (C=O) groups excluding carboxylic acids is 3. The molecular formula is C53H94O6. The second-order valence-electron chi connectivity index (χ2n) is 16.7. The monoisotopic (exact) mass is 827 g/mol. The van der Waals surface area contributed by atoms with E-state index in [1.54, 1.807) is 0 Å². The van der Waals surface area contributed by atoms with Gasteiger partial charge in [-0.25, -0.2) is 0 Å². The molecule has 59 heavy (non-hydrogen) atoms. The van der Waals surface area contributed by atoms with Crippen LogP contribution in [0, 0.1) is 0 Å². The predicted octanol–water partition coefficient (Wildman–Crippen LogP) is 16.3. The first kappa shape index (κ1) is 56.4. The third-order valence-electron chi connectivity index (χ3n) is 10.8. The summed E-state index contributed by atoms with van der Waals surface area (Å²) in [7, 11) is 0. The van der Waals surface area contributed by atoms with E-state index in [-0.39, 0.29) is 37.5 Å². The van der Waals surface area contributed by atoms with E-state index in [2.05, 4.69) is 69.4 Å². The summed E-state index contributed by atoms with van der Waals surface area (Å²) in [5.41, 5.74) is 0. The minimum Gasteiger partial charge on any atom is -0.462 e. The smallest absolute Gasteiger partial charge is 0.306 e. The zero-order valence-electron chi connectivity index (χ0n) is 39.0. The summed E-state index contributed by atoms with van der Waals surface area (Å²) < 4.78 is 16.7. The standard InChI is InChI=1S/C53H94O6/c1-4-7-10-13-16-19-22-25-26-27-28-29-32-34-37-40-43-46-52(55)58-49-50(59-53(56)47-44-41-38-35-31-24-21-18-15-12-9-6-3)48-57-51(54)45-42-39-36-33-30-23-20-17-14-11-8-5-2/h16,19,25-26,28-29,34,37,50H,4-15,17-18,20-24,27,30-33,35-36,38-49H2,1-3H3/b19-16-,26-25-,29-28-,37-34-/t50-/m1/s1. The summed E-state index contributed by atoms with van der Waals surface area (Å²) in [6, 6.07) is 0. The Hall–Kier alpha value is -2.63. The van der Waals surface area contributed by atoms with Crippen LogP contribution in [-0.2, 0) is 28.6 Å². The molecule has 0 amide bonds. The van der Waals surface area contributed by atoms with E-state index in [4.69, 9.17) is 14.2 Å². The van der Waals surface area contributed by atoms with Crippen LogP contribution in [0.3, 0.4) is 0 Å². The number of carbonyl (C=O) groups is 3. The van der Waals surface area contributed by atoms with Gasteiger partial charge in [-0.15, -0.1) is 0 Å². The number of rotatable bonds is 45. The number of hydrogen-bond donors (Lipinski definition) is 0. The summed E-state index contributed by atoms with van der Waals surface area (Å²) in [6.07, 6.45) is 56.6. The molecule has 0 radical (unpaired) electrons. The molecule has 0 spiro atoms. The van der Waals surface area contributed by atoms with Crippen LogP contribution in [0.25, 0.3) is 0 Å². The van der Waals surface area contributed by atoms with E-state index in [1.165, 1.54) is 141 Å². The molecule has 0 aromatic heterocycles. The van der Waals surface area contributed by atoms with Gasteiger partial charge in [0.25, 0.3) is 0 Å². The van der Waals surface area contributed by atoms with Crippen LogP contribution in [0.4, 0.5) is 0 Å². The van der Waals surface area contributed by atoms with Crippen molar-refractivity contribution in [3.63, 3.8) is 0 Å². The van der Waals surface area contributed by atoms with Crippen molar-refractivity contribution >= 4 is 17.9 Å². The van der Waals surface area contributed by atoms with Gasteiger partial charge in [0.2, 0.25) is 0 Å². The van der Waals surface area contributed by atoms with Crippen molar-refractivity contribution in [2.75, 3.05) is 13.2 Å². The predicted molar refractivity (Wildman–Crippen MR) is 252 cm³/mol. The van der Waals surface area contributed by atoms with Crippen LogP contribution in [0.15, 0.2) is 48.6 Å². The van der Waals surface area contributed by atoms with Crippen LogP contribution in [0.1, 0.15) is 252 Å². The highest BCUT2D eigenvalue weighted by molar-refractivity contribution is 5.71. The fraction of sp³-hybridized carbons (Fsp3) is 0.792. The molecule has 0 aliphatic heterocycles. The molecular weight excluding hydrogens is 733 g/mol. The zero-order chi connectivity index (χ0) is 43.0. The number of hydrogen-bond acceptors (Lipinski definition) is 6. The molecule has 0 bridgehead atoms. The van der Waals surface area contributed by atoms with E-state index >= 15 is 0 Å². The summed E-state index contributed by atoms with van der Waals surface area (Å²) >= 11 is 0. The van der Waals surface area contributed by atoms with E-state index in [0.717, 1.165) is 64.2 Å². The minimum atomic E-state index is -0.789. The van der Waals surface area contributed by atoms with Crippen molar-refractivity contribution in [2.24, 2.45) is 0 Å². The maximum absolute atomic E-state index is 12.7. The molecule has 0 saturated heterocycles. The second kappa shape index (κ2) is 48.0. The molecule has 6 heteroatoms. The molecule has 342 valence electrons. The maximum atomic E-state index is 12.7. The Bertz CT molecular complexity index is 1040. The highest BCUT2D eigenvalue weighted by atomic mass is 16.6. The molecule has 0 aliphatic carbocycles. The second-order valence-corrected chi connectivity index (χ2v) is 16.7. The van der Waals surface area contributed by atoms with Crippen LogP contribution < -0.4 is 0 Å². The molecule has 0 rings (SSSR count). The highest BCUT2D eigenvalue weighted by Gasteiger charge is 2.19. The van der Waals surface area contributed by atoms with Crippen molar-refractivity contribution in [1.82, 2.24) is 0 Å². The van der Waals surface area contributed by atoms with Crippen molar-refractivity contribution in [2.45, 2.75) is 258 Å². The topological polar surface area (TPSA) is 78.9 Å². The molecule has 0 saturated carbocycles. The van der Waals surface area contributed by atoms with Gasteiger partial charge >= 0.3 is 17.9 Å². The molecule has 1 atom stereocenters. The van der Waals surface area contributed by atoms with Crippen LogP contribution in [0.2, 0.25) is 0 Å². The summed E-state index contributed by atoms with van der Waals surface area (Å²) in [4.78, 5) is 37.8. The lowest BCUT2D eigenvalue weighted by molar-refractivity contribution is -0.167. The highest BCUT2D eigenvalue weighted by Crippen LogP contribution is 2.15. The third kappa shape index (κ3) is 46.3. The van der Waals surface area contributed by atoms with Gasteiger partial charge in [0, 0.05) is 19.3 Å². The normalized spacial score (nSPS) is 12.4. The van der Waals surface area contributed by atoms with Crippen LogP contribution in [0.5, 0.6) is 0 Å². The van der Waals surface area contributed by atoms with E-state index in [9.17, 15) is 14.4 Å². The lowest BCUT2D eigenvalue weighted by atomic mass is 10.0. The van der Waals surface area contributed by atoms with E-state index in [1.807, 2.05) is 0 Å². The Morgan fingerprint density at radius 2 is 0.627 bits per heavy atom. The van der Waals surface area contributed by atoms with Gasteiger partial charge in [-0.05, 0) is 57.8 Å². The average molecular weight is 827 g/mol. The van der Waals surface area contributed by atoms with Gasteiger partial charge < -0.3 is 14.2 Å². The summed E-state index contributed by atoms with van der Waals surface area (Å²) in [5.74, 6) is -0.939. The fourth-order valence-corrected chi connectivity index (χ4v) is 7.02. The van der Waals surface area contributed by atoms with Gasteiger partial charge in [-0.3, -0.25) is 14.4 Å². The fourth-order valence-electron chi connectivity index (χ4n) is 7.02. The van der Waals surface area contributed by atoms with E-state index in [0.29, 0.717) is 19.3 Å². The van der Waals surface area contributed by atoms with Crippen molar-refractivity contribution in [3.8, 4) is 0 Å². The molecule has 0 aromatic carbocycles. The molecule has 0 aliphatic rings. The van der Waals surface area contributed by atoms with Crippen molar-refractivity contribution in [3.05, 3.63) is 48.6 Å². The van der Waals surface area contributed by atoms with Crippen molar-refractivity contribution < 1.29 is 28.6 Å². The van der Waals surface area contributed by atoms with Gasteiger partial charge in [0.15, 0.2) is 6.10 Å². The lowest BCUT2D eigenvalue weighted by Gasteiger charge is -2.18. The first-order valence-electron chi connectivity index (χ1n) is 25.1. The van der Waals surface area contributed by atoms with Crippen molar-refractivity contribution in [1.29, 1.82) is 0 Å². The quantitative estimate of drug-likeness (QED) is 0.0263. The van der Waals surface area contributed by atoms with E-state index < -0.39 is 6.10 Å². The Kier molecular flexibility index (Phi) is 45.9. The molecule has 0 fully saturated rings. The Balaban J connectivity index is 4.43. The summed E-state index contributed by atoms with van der Waals surface area (Å²) in [5, 5.41) is 0. The average Bonchev–Trinajstić information content (AvgIpc) is 3.23. The first-order chi connectivity index (χ1) is 29.0.